The van der Waals surface area contributed by atoms with E-state index in [9.17, 15) is 0 Å². The third kappa shape index (κ3) is 3.95. The number of hydrogen-bond acceptors (Lipinski definition) is 5. The average molecular weight is 299 g/mol. The van der Waals surface area contributed by atoms with Gasteiger partial charge in [0.1, 0.15) is 6.10 Å². The Morgan fingerprint density at radius 1 is 1.18 bits per heavy atom. The molecule has 116 valence electrons. The Bertz CT molecular complexity index is 574. The van der Waals surface area contributed by atoms with E-state index in [0.29, 0.717) is 11.8 Å². The summed E-state index contributed by atoms with van der Waals surface area (Å²) in [6.07, 6.45) is 5.58. The smallest absolute Gasteiger partial charge is 0.316 e. The molecular weight excluding hydrogens is 278 g/mol. The highest BCUT2D eigenvalue weighted by atomic mass is 16.5. The molecular formula is C17H21N3O2. The number of methoxy groups -OCH3 is 1. The van der Waals surface area contributed by atoms with Crippen molar-refractivity contribution < 1.29 is 9.47 Å². The van der Waals surface area contributed by atoms with Crippen LogP contribution in [0.25, 0.3) is 0 Å². The van der Waals surface area contributed by atoms with Crippen molar-refractivity contribution >= 4 is 0 Å². The maximum atomic E-state index is 5.90. The van der Waals surface area contributed by atoms with Gasteiger partial charge in [-0.2, -0.15) is 9.97 Å². The summed E-state index contributed by atoms with van der Waals surface area (Å²) in [5.74, 6) is 0.640. The van der Waals surface area contributed by atoms with E-state index in [-0.39, 0.29) is 6.10 Å². The SMILES string of the molecule is COc1cnc(OC2CCCN(Cc3ccccc3)C2)nc1. The van der Waals surface area contributed by atoms with Crippen molar-refractivity contribution in [1.82, 2.24) is 14.9 Å². The second-order valence-corrected chi connectivity index (χ2v) is 5.51. The lowest BCUT2D eigenvalue weighted by Crippen LogP contribution is -2.40. The van der Waals surface area contributed by atoms with E-state index < -0.39 is 0 Å². The van der Waals surface area contributed by atoms with Gasteiger partial charge in [0, 0.05) is 13.1 Å². The Hall–Kier alpha value is -2.14. The summed E-state index contributed by atoms with van der Waals surface area (Å²) in [6.45, 7) is 2.98. The molecule has 1 aromatic carbocycles. The fraction of sp³-hybridized carbons (Fsp3) is 0.412. The highest BCUT2D eigenvalue weighted by molar-refractivity contribution is 5.15. The minimum absolute atomic E-state index is 0.144. The van der Waals surface area contributed by atoms with Crippen LogP contribution in [0.15, 0.2) is 42.7 Å². The minimum Gasteiger partial charge on any atom is -0.494 e. The number of piperidine rings is 1. The third-order valence-electron chi connectivity index (χ3n) is 3.82. The first kappa shape index (κ1) is 14.8. The van der Waals surface area contributed by atoms with E-state index in [1.54, 1.807) is 19.5 Å². The molecule has 5 heteroatoms. The highest BCUT2D eigenvalue weighted by Gasteiger charge is 2.22. The van der Waals surface area contributed by atoms with Gasteiger partial charge in [0.15, 0.2) is 5.75 Å². The Balaban J connectivity index is 1.55. The molecule has 0 aliphatic carbocycles. The van der Waals surface area contributed by atoms with Crippen LogP contribution in [-0.4, -0.2) is 41.2 Å². The van der Waals surface area contributed by atoms with Gasteiger partial charge in [-0.1, -0.05) is 30.3 Å². The molecule has 1 aromatic heterocycles. The molecule has 0 amide bonds. The molecule has 2 heterocycles. The zero-order chi connectivity index (χ0) is 15.2. The van der Waals surface area contributed by atoms with Gasteiger partial charge in [-0.25, -0.2) is 0 Å². The van der Waals surface area contributed by atoms with Gasteiger partial charge in [-0.3, -0.25) is 4.90 Å². The molecule has 22 heavy (non-hydrogen) atoms. The predicted octanol–water partition coefficient (Wildman–Crippen LogP) is 2.53. The predicted molar refractivity (Wildman–Crippen MR) is 84.0 cm³/mol. The lowest BCUT2D eigenvalue weighted by molar-refractivity contribution is 0.0769. The summed E-state index contributed by atoms with van der Waals surface area (Å²) in [5.41, 5.74) is 1.34. The summed E-state index contributed by atoms with van der Waals surface area (Å²) < 4.78 is 11.0. The zero-order valence-electron chi connectivity index (χ0n) is 12.8. The largest absolute Gasteiger partial charge is 0.494 e. The van der Waals surface area contributed by atoms with Crippen molar-refractivity contribution in [2.24, 2.45) is 0 Å². The van der Waals surface area contributed by atoms with Gasteiger partial charge in [0.2, 0.25) is 0 Å². The van der Waals surface area contributed by atoms with Gasteiger partial charge in [0.05, 0.1) is 19.5 Å². The van der Waals surface area contributed by atoms with E-state index in [1.165, 1.54) is 5.56 Å². The molecule has 1 fully saturated rings. The Morgan fingerprint density at radius 3 is 2.68 bits per heavy atom. The molecule has 3 rings (SSSR count). The molecule has 0 saturated carbocycles. The summed E-state index contributed by atoms with van der Waals surface area (Å²) in [4.78, 5) is 10.8. The number of rotatable bonds is 5. The molecule has 1 saturated heterocycles. The molecule has 1 unspecified atom stereocenters. The van der Waals surface area contributed by atoms with Crippen LogP contribution in [-0.2, 0) is 6.54 Å². The number of aromatic nitrogens is 2. The van der Waals surface area contributed by atoms with Crippen LogP contribution in [0.1, 0.15) is 18.4 Å². The fourth-order valence-electron chi connectivity index (χ4n) is 2.71. The molecule has 0 spiro atoms. The highest BCUT2D eigenvalue weighted by Crippen LogP contribution is 2.18. The van der Waals surface area contributed by atoms with Gasteiger partial charge >= 0.3 is 6.01 Å². The number of nitrogens with zero attached hydrogens (tertiary/aromatic N) is 3. The van der Waals surface area contributed by atoms with Crippen molar-refractivity contribution in [2.45, 2.75) is 25.5 Å². The van der Waals surface area contributed by atoms with Crippen molar-refractivity contribution in [3.05, 3.63) is 48.3 Å². The first-order chi connectivity index (χ1) is 10.8. The van der Waals surface area contributed by atoms with Gasteiger partial charge in [0.25, 0.3) is 0 Å². The molecule has 0 N–H and O–H groups in total. The third-order valence-corrected chi connectivity index (χ3v) is 3.82. The topological polar surface area (TPSA) is 47.5 Å². The second kappa shape index (κ2) is 7.22. The van der Waals surface area contributed by atoms with Crippen LogP contribution in [0.2, 0.25) is 0 Å². The Labute approximate surface area is 130 Å². The quantitative estimate of drug-likeness (QED) is 0.849. The van der Waals surface area contributed by atoms with Crippen LogP contribution in [0, 0.1) is 0 Å². The van der Waals surface area contributed by atoms with E-state index in [0.717, 1.165) is 32.5 Å². The first-order valence-electron chi connectivity index (χ1n) is 7.62. The monoisotopic (exact) mass is 299 g/mol. The summed E-state index contributed by atoms with van der Waals surface area (Å²) in [7, 11) is 1.60. The molecule has 0 radical (unpaired) electrons. The van der Waals surface area contributed by atoms with Gasteiger partial charge in [-0.15, -0.1) is 0 Å². The van der Waals surface area contributed by atoms with E-state index in [4.69, 9.17) is 9.47 Å². The first-order valence-corrected chi connectivity index (χ1v) is 7.62. The second-order valence-electron chi connectivity index (χ2n) is 5.51. The molecule has 1 atom stereocenters. The van der Waals surface area contributed by atoms with Crippen LogP contribution in [0.5, 0.6) is 11.8 Å². The van der Waals surface area contributed by atoms with E-state index in [2.05, 4.69) is 39.1 Å². The van der Waals surface area contributed by atoms with E-state index in [1.807, 2.05) is 6.07 Å². The zero-order valence-corrected chi connectivity index (χ0v) is 12.8. The van der Waals surface area contributed by atoms with Crippen molar-refractivity contribution in [3.63, 3.8) is 0 Å². The molecule has 1 aliphatic heterocycles. The number of likely N-dealkylation sites (tertiary alicyclic amines) is 1. The van der Waals surface area contributed by atoms with Crippen molar-refractivity contribution in [3.8, 4) is 11.8 Å². The van der Waals surface area contributed by atoms with Gasteiger partial charge in [-0.05, 0) is 24.9 Å². The fourth-order valence-corrected chi connectivity index (χ4v) is 2.71. The van der Waals surface area contributed by atoms with Crippen LogP contribution in [0.3, 0.4) is 0 Å². The molecule has 1 aliphatic rings. The number of benzene rings is 1. The molecule has 2 aromatic rings. The number of hydrogen-bond donors (Lipinski definition) is 0. The summed E-state index contributed by atoms with van der Waals surface area (Å²) >= 11 is 0. The molecule has 5 nitrogen and oxygen atoms in total. The maximum Gasteiger partial charge on any atom is 0.316 e. The standard InChI is InChI=1S/C17H21N3O2/c1-21-16-10-18-17(19-11-16)22-15-8-5-9-20(13-15)12-14-6-3-2-4-7-14/h2-4,6-7,10-11,15H,5,8-9,12-13H2,1H3. The lowest BCUT2D eigenvalue weighted by atomic mass is 10.1. The van der Waals surface area contributed by atoms with Gasteiger partial charge < -0.3 is 9.47 Å². The van der Waals surface area contributed by atoms with Crippen molar-refractivity contribution in [1.29, 1.82) is 0 Å². The lowest BCUT2D eigenvalue weighted by Gasteiger charge is -2.32. The van der Waals surface area contributed by atoms with E-state index >= 15 is 0 Å². The molecule has 0 bridgehead atoms. The van der Waals surface area contributed by atoms with Crippen LogP contribution < -0.4 is 9.47 Å². The Morgan fingerprint density at radius 2 is 1.95 bits per heavy atom. The maximum absolute atomic E-state index is 5.90. The number of ether oxygens (including phenoxy) is 2. The normalized spacial score (nSPS) is 18.9. The van der Waals surface area contributed by atoms with Crippen molar-refractivity contribution in [2.75, 3.05) is 20.2 Å². The van der Waals surface area contributed by atoms with Crippen LogP contribution in [0.4, 0.5) is 0 Å². The summed E-state index contributed by atoms with van der Waals surface area (Å²) in [5, 5.41) is 0. The van der Waals surface area contributed by atoms with Crippen LogP contribution >= 0.6 is 0 Å². The minimum atomic E-state index is 0.144. The summed E-state index contributed by atoms with van der Waals surface area (Å²) in [6, 6.07) is 11.0. The Kier molecular flexibility index (Phi) is 4.85. The average Bonchev–Trinajstić information content (AvgIpc) is 2.57.